The second-order valence-electron chi connectivity index (χ2n) is 3.75. The summed E-state index contributed by atoms with van der Waals surface area (Å²) in [6, 6.07) is 4.21. The van der Waals surface area contributed by atoms with Crippen LogP contribution in [-0.2, 0) is 28.0 Å². The van der Waals surface area contributed by atoms with Crippen LogP contribution in [0.2, 0.25) is 0 Å². The number of hydrogen-bond acceptors (Lipinski definition) is 6. The van der Waals surface area contributed by atoms with Crippen LogP contribution in [-0.4, -0.2) is 47.4 Å². The standard InChI is InChI=1S/C8H4F6O6S2Si2/c9-7(10,11)21(15,16)19-23-5-1-2-6(4-3-5)24-20-22(17,18)8(12,13)14/h1-4H. The first-order valence-corrected chi connectivity index (χ1v) is 9.90. The molecule has 0 aliphatic carbocycles. The Kier molecular flexibility index (Phi) is 6.26. The molecule has 1 aromatic carbocycles. The van der Waals surface area contributed by atoms with E-state index in [9.17, 15) is 43.2 Å². The molecule has 0 atom stereocenters. The first-order chi connectivity index (χ1) is 10.7. The third kappa shape index (κ3) is 5.55. The average Bonchev–Trinajstić information content (AvgIpc) is 2.41. The molecule has 1 rings (SSSR count). The highest BCUT2D eigenvalue weighted by Crippen LogP contribution is 2.24. The van der Waals surface area contributed by atoms with Gasteiger partial charge in [-0.3, -0.25) is 0 Å². The molecule has 6 nitrogen and oxygen atoms in total. The number of halogens is 6. The first-order valence-electron chi connectivity index (χ1n) is 5.27. The molecule has 0 fully saturated rings. The maximum atomic E-state index is 12.0. The molecule has 134 valence electrons. The van der Waals surface area contributed by atoms with Gasteiger partial charge in [0.1, 0.15) is 0 Å². The van der Waals surface area contributed by atoms with Crippen LogP contribution < -0.4 is 10.4 Å². The zero-order valence-corrected chi connectivity index (χ0v) is 14.5. The summed E-state index contributed by atoms with van der Waals surface area (Å²) in [6.07, 6.45) is 0. The van der Waals surface area contributed by atoms with Gasteiger partial charge in [-0.15, -0.1) is 0 Å². The molecular formula is C8H4F6O6S2Si2. The summed E-state index contributed by atoms with van der Waals surface area (Å²) in [6.45, 7) is 0. The Hall–Kier alpha value is -0.946. The van der Waals surface area contributed by atoms with Gasteiger partial charge in [0.05, 0.1) is 0 Å². The smallest absolute Gasteiger partial charge is 0.303 e. The van der Waals surface area contributed by atoms with E-state index in [2.05, 4.69) is 7.74 Å². The van der Waals surface area contributed by atoms with Crippen LogP contribution in [0.15, 0.2) is 24.3 Å². The molecule has 0 saturated carbocycles. The van der Waals surface area contributed by atoms with Crippen molar-refractivity contribution in [2.75, 3.05) is 0 Å². The molecule has 4 radical (unpaired) electrons. The summed E-state index contributed by atoms with van der Waals surface area (Å²) in [5.41, 5.74) is -11.2. The zero-order valence-electron chi connectivity index (χ0n) is 10.8. The van der Waals surface area contributed by atoms with Gasteiger partial charge in [0, 0.05) is 0 Å². The van der Waals surface area contributed by atoms with E-state index in [1.165, 1.54) is 0 Å². The quantitative estimate of drug-likeness (QED) is 0.356. The molecule has 1 aromatic rings. The minimum absolute atomic E-state index is 0.0185. The van der Waals surface area contributed by atoms with Crippen molar-refractivity contribution in [2.45, 2.75) is 11.0 Å². The second-order valence-corrected chi connectivity index (χ2v) is 9.39. The van der Waals surface area contributed by atoms with E-state index in [4.69, 9.17) is 0 Å². The molecular weight excluding hydrogens is 426 g/mol. The van der Waals surface area contributed by atoms with Crippen LogP contribution in [0.4, 0.5) is 26.3 Å². The average molecular weight is 430 g/mol. The number of alkyl halides is 6. The summed E-state index contributed by atoms with van der Waals surface area (Å²) < 4.78 is 122. The van der Waals surface area contributed by atoms with Crippen molar-refractivity contribution in [1.29, 1.82) is 0 Å². The van der Waals surface area contributed by atoms with E-state index in [1.807, 2.05) is 0 Å². The second kappa shape index (κ2) is 7.12. The highest BCUT2D eigenvalue weighted by molar-refractivity contribution is 7.88. The van der Waals surface area contributed by atoms with Gasteiger partial charge in [-0.05, 0) is 10.4 Å². The minimum Gasteiger partial charge on any atom is -0.303 e. The van der Waals surface area contributed by atoms with Crippen LogP contribution in [0.5, 0.6) is 0 Å². The topological polar surface area (TPSA) is 86.7 Å². The minimum atomic E-state index is -5.77. The Morgan fingerprint density at radius 2 is 0.917 bits per heavy atom. The van der Waals surface area contributed by atoms with Gasteiger partial charge in [-0.1, -0.05) is 24.3 Å². The van der Waals surface area contributed by atoms with Crippen LogP contribution >= 0.6 is 0 Å². The lowest BCUT2D eigenvalue weighted by atomic mass is 10.4. The van der Waals surface area contributed by atoms with Crippen molar-refractivity contribution in [3.63, 3.8) is 0 Å². The lowest BCUT2D eigenvalue weighted by Gasteiger charge is -2.08. The Balaban J connectivity index is 2.68. The fourth-order valence-corrected chi connectivity index (χ4v) is 3.92. The summed E-state index contributed by atoms with van der Waals surface area (Å²) in [5.74, 6) is 0. The van der Waals surface area contributed by atoms with E-state index in [1.54, 1.807) is 0 Å². The van der Waals surface area contributed by atoms with E-state index >= 15 is 0 Å². The monoisotopic (exact) mass is 430 g/mol. The molecule has 0 unspecified atom stereocenters. The van der Waals surface area contributed by atoms with Gasteiger partial charge in [-0.25, -0.2) is 0 Å². The normalized spacial score (nSPS) is 13.9. The zero-order chi connectivity index (χ0) is 18.8. The molecule has 0 N–H and O–H groups in total. The Morgan fingerprint density at radius 1 is 0.667 bits per heavy atom. The van der Waals surface area contributed by atoms with Gasteiger partial charge in [0.2, 0.25) is 0 Å². The molecule has 0 spiro atoms. The lowest BCUT2D eigenvalue weighted by Crippen LogP contribution is -2.32. The summed E-state index contributed by atoms with van der Waals surface area (Å²) in [5, 5.41) is -0.0369. The van der Waals surface area contributed by atoms with Crippen LogP contribution in [0, 0.1) is 0 Å². The van der Waals surface area contributed by atoms with Gasteiger partial charge in [0.25, 0.3) is 19.5 Å². The van der Waals surface area contributed by atoms with Crippen molar-refractivity contribution >= 4 is 50.1 Å². The lowest BCUT2D eigenvalue weighted by molar-refractivity contribution is -0.0503. The van der Waals surface area contributed by atoms with E-state index in [0.29, 0.717) is 0 Å². The number of rotatable bonds is 6. The molecule has 0 aliphatic heterocycles. The van der Waals surface area contributed by atoms with Crippen molar-refractivity contribution in [3.8, 4) is 0 Å². The molecule has 0 saturated heterocycles. The van der Waals surface area contributed by atoms with E-state index in [-0.39, 0.29) is 10.4 Å². The molecule has 0 aliphatic rings. The number of hydrogen-bond donors (Lipinski definition) is 0. The van der Waals surface area contributed by atoms with Crippen LogP contribution in [0.3, 0.4) is 0 Å². The molecule has 16 heteroatoms. The fourth-order valence-electron chi connectivity index (χ4n) is 0.907. The Labute approximate surface area is 136 Å². The van der Waals surface area contributed by atoms with Gasteiger partial charge < -0.3 is 7.74 Å². The van der Waals surface area contributed by atoms with Gasteiger partial charge >= 0.3 is 31.3 Å². The Bertz CT molecular complexity index is 704. The third-order valence-corrected chi connectivity index (χ3v) is 6.68. The maximum Gasteiger partial charge on any atom is 0.522 e. The summed E-state index contributed by atoms with van der Waals surface area (Å²) >= 11 is 0. The highest BCUT2D eigenvalue weighted by Gasteiger charge is 2.47. The Morgan fingerprint density at radius 3 is 1.12 bits per heavy atom. The third-order valence-electron chi connectivity index (χ3n) is 1.99. The van der Waals surface area contributed by atoms with Gasteiger partial charge in [0.15, 0.2) is 0 Å². The molecule has 0 amide bonds. The molecule has 0 bridgehead atoms. The predicted molar refractivity (Wildman–Crippen MR) is 69.3 cm³/mol. The molecule has 0 aromatic heterocycles. The van der Waals surface area contributed by atoms with E-state index < -0.39 is 50.8 Å². The predicted octanol–water partition coefficient (Wildman–Crippen LogP) is -0.0920. The SMILES string of the molecule is O=S(=O)(O[Si]c1ccc([Si]OS(=O)(=O)C(F)(F)F)cc1)C(F)(F)F. The maximum absolute atomic E-state index is 12.0. The van der Waals surface area contributed by atoms with E-state index in [0.717, 1.165) is 24.3 Å². The first kappa shape index (κ1) is 21.1. The highest BCUT2D eigenvalue weighted by atomic mass is 32.2. The van der Waals surface area contributed by atoms with Gasteiger partial charge in [-0.2, -0.15) is 43.2 Å². The van der Waals surface area contributed by atoms with Crippen molar-refractivity contribution in [2.24, 2.45) is 0 Å². The van der Waals surface area contributed by atoms with Crippen molar-refractivity contribution < 1.29 is 50.9 Å². The van der Waals surface area contributed by atoms with Crippen LogP contribution in [0.25, 0.3) is 0 Å². The fraction of sp³-hybridized carbons (Fsp3) is 0.250. The number of benzene rings is 1. The molecule has 24 heavy (non-hydrogen) atoms. The van der Waals surface area contributed by atoms with Crippen LogP contribution in [0.1, 0.15) is 0 Å². The largest absolute Gasteiger partial charge is 0.522 e. The summed E-state index contributed by atoms with van der Waals surface area (Å²) in [7, 11) is -14.0. The molecule has 0 heterocycles. The van der Waals surface area contributed by atoms with Crippen molar-refractivity contribution in [3.05, 3.63) is 24.3 Å². The van der Waals surface area contributed by atoms with Crippen molar-refractivity contribution in [1.82, 2.24) is 0 Å². The summed E-state index contributed by atoms with van der Waals surface area (Å²) in [4.78, 5) is 0.